The van der Waals surface area contributed by atoms with Crippen LogP contribution in [0.15, 0.2) is 0 Å². The molecule has 1 aliphatic rings. The van der Waals surface area contributed by atoms with E-state index in [0.29, 0.717) is 5.92 Å². The zero-order chi connectivity index (χ0) is 10.4. The molecule has 0 spiro atoms. The largest absolute Gasteiger partial charge is 0.396 e. The fourth-order valence-electron chi connectivity index (χ4n) is 2.05. The van der Waals surface area contributed by atoms with Crippen molar-refractivity contribution in [1.82, 2.24) is 0 Å². The van der Waals surface area contributed by atoms with Gasteiger partial charge in [0.25, 0.3) is 0 Å². The molecule has 1 rings (SSSR count). The third-order valence-corrected chi connectivity index (χ3v) is 3.18. The lowest BCUT2D eigenvalue weighted by Crippen LogP contribution is -2.41. The monoisotopic (exact) mass is 202 g/mol. The van der Waals surface area contributed by atoms with Gasteiger partial charge in [0.2, 0.25) is 0 Å². The highest BCUT2D eigenvalue weighted by atomic mass is 16.5. The topological polar surface area (TPSA) is 49.7 Å². The van der Waals surface area contributed by atoms with E-state index in [1.54, 1.807) is 0 Å². The van der Waals surface area contributed by atoms with E-state index in [-0.39, 0.29) is 18.8 Å². The second-order valence-corrected chi connectivity index (χ2v) is 4.32. The summed E-state index contributed by atoms with van der Waals surface area (Å²) < 4.78 is 5.73. The minimum atomic E-state index is -0.304. The molecule has 3 heteroatoms. The number of aliphatic hydroxyl groups is 2. The Labute approximate surface area is 86.1 Å². The molecule has 1 aliphatic carbocycles. The Hall–Kier alpha value is -0.120. The molecule has 0 bridgehead atoms. The summed E-state index contributed by atoms with van der Waals surface area (Å²) in [6.45, 7) is 3.19. The molecular formula is C11H22O3. The predicted octanol–water partition coefficient (Wildman–Crippen LogP) is 1.33. The van der Waals surface area contributed by atoms with Crippen LogP contribution in [0.25, 0.3) is 0 Å². The molecule has 0 aliphatic heterocycles. The summed E-state index contributed by atoms with van der Waals surface area (Å²) in [5, 5.41) is 18.3. The van der Waals surface area contributed by atoms with Crippen molar-refractivity contribution < 1.29 is 14.9 Å². The second kappa shape index (κ2) is 5.69. The first-order valence-corrected chi connectivity index (χ1v) is 5.62. The SMILES string of the molecule is CCCOC1(CO)CCC(CO)CC1. The Kier molecular flexibility index (Phi) is 4.85. The highest BCUT2D eigenvalue weighted by Crippen LogP contribution is 2.34. The van der Waals surface area contributed by atoms with Gasteiger partial charge in [-0.05, 0) is 38.0 Å². The van der Waals surface area contributed by atoms with Crippen LogP contribution in [0.4, 0.5) is 0 Å². The Morgan fingerprint density at radius 1 is 1.29 bits per heavy atom. The minimum Gasteiger partial charge on any atom is -0.396 e. The van der Waals surface area contributed by atoms with E-state index in [1.807, 2.05) is 0 Å². The molecule has 84 valence electrons. The first kappa shape index (κ1) is 12.0. The van der Waals surface area contributed by atoms with Gasteiger partial charge in [-0.2, -0.15) is 0 Å². The molecule has 0 aromatic rings. The molecule has 0 amide bonds. The molecule has 14 heavy (non-hydrogen) atoms. The van der Waals surface area contributed by atoms with Gasteiger partial charge < -0.3 is 14.9 Å². The summed E-state index contributed by atoms with van der Waals surface area (Å²) in [4.78, 5) is 0. The standard InChI is InChI=1S/C11H22O3/c1-2-7-14-11(9-13)5-3-10(8-12)4-6-11/h10,12-13H,2-9H2,1H3. The lowest BCUT2D eigenvalue weighted by molar-refractivity contribution is -0.109. The summed E-state index contributed by atoms with van der Waals surface area (Å²) in [5.41, 5.74) is -0.304. The molecule has 0 unspecified atom stereocenters. The van der Waals surface area contributed by atoms with Gasteiger partial charge in [0.1, 0.15) is 0 Å². The summed E-state index contributed by atoms with van der Waals surface area (Å²) in [7, 11) is 0. The summed E-state index contributed by atoms with van der Waals surface area (Å²) in [6.07, 6.45) is 4.70. The molecule has 0 aromatic carbocycles. The van der Waals surface area contributed by atoms with E-state index >= 15 is 0 Å². The average molecular weight is 202 g/mol. The smallest absolute Gasteiger partial charge is 0.0912 e. The molecule has 0 aromatic heterocycles. The molecule has 3 nitrogen and oxygen atoms in total. The summed E-state index contributed by atoms with van der Waals surface area (Å²) in [5.74, 6) is 0.417. The van der Waals surface area contributed by atoms with Gasteiger partial charge in [-0.1, -0.05) is 6.92 Å². The van der Waals surface area contributed by atoms with Gasteiger partial charge in [-0.15, -0.1) is 0 Å². The van der Waals surface area contributed by atoms with Crippen molar-refractivity contribution >= 4 is 0 Å². The van der Waals surface area contributed by atoms with E-state index in [1.165, 1.54) is 0 Å². The highest BCUT2D eigenvalue weighted by molar-refractivity contribution is 4.86. The molecule has 1 saturated carbocycles. The number of hydrogen-bond donors (Lipinski definition) is 2. The van der Waals surface area contributed by atoms with Crippen molar-refractivity contribution in [2.45, 2.75) is 44.6 Å². The lowest BCUT2D eigenvalue weighted by Gasteiger charge is -2.38. The normalized spacial score (nSPS) is 33.2. The van der Waals surface area contributed by atoms with E-state index in [9.17, 15) is 5.11 Å². The number of hydrogen-bond acceptors (Lipinski definition) is 3. The van der Waals surface area contributed by atoms with Gasteiger partial charge in [-0.25, -0.2) is 0 Å². The molecular weight excluding hydrogens is 180 g/mol. The maximum atomic E-state index is 9.34. The third-order valence-electron chi connectivity index (χ3n) is 3.18. The maximum absolute atomic E-state index is 9.34. The number of aliphatic hydroxyl groups excluding tert-OH is 2. The van der Waals surface area contributed by atoms with Crippen LogP contribution >= 0.6 is 0 Å². The molecule has 1 fully saturated rings. The van der Waals surface area contributed by atoms with E-state index in [4.69, 9.17) is 9.84 Å². The van der Waals surface area contributed by atoms with Crippen molar-refractivity contribution in [3.63, 3.8) is 0 Å². The van der Waals surface area contributed by atoms with Crippen LogP contribution in [0.3, 0.4) is 0 Å². The van der Waals surface area contributed by atoms with Crippen LogP contribution in [0.2, 0.25) is 0 Å². The Morgan fingerprint density at radius 3 is 2.36 bits per heavy atom. The summed E-state index contributed by atoms with van der Waals surface area (Å²) >= 11 is 0. The van der Waals surface area contributed by atoms with Crippen LogP contribution in [-0.2, 0) is 4.74 Å². The van der Waals surface area contributed by atoms with Gasteiger partial charge in [-0.3, -0.25) is 0 Å². The second-order valence-electron chi connectivity index (χ2n) is 4.32. The van der Waals surface area contributed by atoms with Gasteiger partial charge >= 0.3 is 0 Å². The molecule has 0 radical (unpaired) electrons. The lowest BCUT2D eigenvalue weighted by atomic mass is 9.79. The van der Waals surface area contributed by atoms with Crippen LogP contribution < -0.4 is 0 Å². The summed E-state index contributed by atoms with van der Waals surface area (Å²) in [6, 6.07) is 0. The Balaban J connectivity index is 2.39. The molecule has 0 saturated heterocycles. The minimum absolute atomic E-state index is 0.116. The fraction of sp³-hybridized carbons (Fsp3) is 1.00. The Morgan fingerprint density at radius 2 is 1.93 bits per heavy atom. The first-order valence-electron chi connectivity index (χ1n) is 5.62. The number of rotatable bonds is 5. The van der Waals surface area contributed by atoms with E-state index in [2.05, 4.69) is 6.92 Å². The third kappa shape index (κ3) is 2.94. The maximum Gasteiger partial charge on any atom is 0.0912 e. The van der Waals surface area contributed by atoms with Crippen LogP contribution in [0, 0.1) is 5.92 Å². The fourth-order valence-corrected chi connectivity index (χ4v) is 2.05. The highest BCUT2D eigenvalue weighted by Gasteiger charge is 2.35. The van der Waals surface area contributed by atoms with E-state index in [0.717, 1.165) is 38.7 Å². The van der Waals surface area contributed by atoms with Crippen molar-refractivity contribution in [3.8, 4) is 0 Å². The van der Waals surface area contributed by atoms with E-state index < -0.39 is 0 Å². The predicted molar refractivity (Wildman–Crippen MR) is 55.1 cm³/mol. The zero-order valence-electron chi connectivity index (χ0n) is 9.04. The van der Waals surface area contributed by atoms with Crippen LogP contribution in [0.5, 0.6) is 0 Å². The van der Waals surface area contributed by atoms with Crippen molar-refractivity contribution in [2.75, 3.05) is 19.8 Å². The van der Waals surface area contributed by atoms with Gasteiger partial charge in [0.05, 0.1) is 12.2 Å². The quantitative estimate of drug-likeness (QED) is 0.707. The van der Waals surface area contributed by atoms with Crippen molar-refractivity contribution in [1.29, 1.82) is 0 Å². The number of ether oxygens (including phenoxy) is 1. The zero-order valence-corrected chi connectivity index (χ0v) is 9.04. The van der Waals surface area contributed by atoms with Gasteiger partial charge in [0.15, 0.2) is 0 Å². The Bertz CT molecular complexity index is 151. The van der Waals surface area contributed by atoms with Crippen molar-refractivity contribution in [3.05, 3.63) is 0 Å². The molecule has 2 N–H and O–H groups in total. The first-order chi connectivity index (χ1) is 6.76. The molecule has 0 heterocycles. The van der Waals surface area contributed by atoms with Gasteiger partial charge in [0, 0.05) is 13.2 Å². The average Bonchev–Trinajstić information content (AvgIpc) is 2.27. The van der Waals surface area contributed by atoms with Crippen LogP contribution in [0.1, 0.15) is 39.0 Å². The van der Waals surface area contributed by atoms with Crippen LogP contribution in [-0.4, -0.2) is 35.6 Å². The molecule has 0 atom stereocenters. The van der Waals surface area contributed by atoms with Crippen molar-refractivity contribution in [2.24, 2.45) is 5.92 Å².